The van der Waals surface area contributed by atoms with Gasteiger partial charge in [0.15, 0.2) is 5.82 Å². The van der Waals surface area contributed by atoms with Gasteiger partial charge in [0, 0.05) is 7.11 Å². The second-order valence-corrected chi connectivity index (χ2v) is 4.41. The molecule has 1 aromatic rings. The van der Waals surface area contributed by atoms with Crippen molar-refractivity contribution >= 4 is 0 Å². The van der Waals surface area contributed by atoms with Crippen molar-refractivity contribution in [1.82, 2.24) is 10.1 Å². The lowest BCUT2D eigenvalue weighted by Crippen LogP contribution is -2.23. The molecule has 1 atom stereocenters. The third kappa shape index (κ3) is 2.59. The average molecular weight is 225 g/mol. The van der Waals surface area contributed by atoms with Gasteiger partial charge in [0.1, 0.15) is 6.61 Å². The number of aromatic nitrogens is 2. The van der Waals surface area contributed by atoms with E-state index in [1.54, 1.807) is 7.11 Å². The Morgan fingerprint density at radius 3 is 2.88 bits per heavy atom. The fraction of sp³-hybridized carbons (Fsp3) is 0.818. The van der Waals surface area contributed by atoms with Crippen LogP contribution in [0.15, 0.2) is 4.52 Å². The number of ether oxygens (including phenoxy) is 1. The normalized spacial score (nSPS) is 19.9. The Bertz CT molecular complexity index is 321. The standard InChI is InChI=1S/C11H19N3O2/c1-15-7-9-13-11(16-14-9)10(12)8-5-3-2-4-6-8/h8,10H,2-7,12H2,1H3. The molecule has 5 nitrogen and oxygen atoms in total. The molecule has 0 radical (unpaired) electrons. The zero-order chi connectivity index (χ0) is 11.4. The van der Waals surface area contributed by atoms with Crippen LogP contribution in [0.2, 0.25) is 0 Å². The van der Waals surface area contributed by atoms with Crippen LogP contribution in [0.25, 0.3) is 0 Å². The van der Waals surface area contributed by atoms with Crippen molar-refractivity contribution in [2.24, 2.45) is 11.7 Å². The monoisotopic (exact) mass is 225 g/mol. The maximum atomic E-state index is 6.14. The second-order valence-electron chi connectivity index (χ2n) is 4.41. The fourth-order valence-electron chi connectivity index (χ4n) is 2.29. The molecule has 90 valence electrons. The summed E-state index contributed by atoms with van der Waals surface area (Å²) in [5, 5.41) is 3.83. The van der Waals surface area contributed by atoms with Crippen LogP contribution in [0.3, 0.4) is 0 Å². The molecule has 1 aliphatic rings. The van der Waals surface area contributed by atoms with E-state index in [1.807, 2.05) is 0 Å². The first-order valence-electron chi connectivity index (χ1n) is 5.88. The minimum Gasteiger partial charge on any atom is -0.377 e. The minimum atomic E-state index is -0.113. The van der Waals surface area contributed by atoms with E-state index in [9.17, 15) is 0 Å². The van der Waals surface area contributed by atoms with E-state index in [1.165, 1.54) is 32.1 Å². The highest BCUT2D eigenvalue weighted by Gasteiger charge is 2.26. The van der Waals surface area contributed by atoms with E-state index >= 15 is 0 Å². The van der Waals surface area contributed by atoms with E-state index in [2.05, 4.69) is 10.1 Å². The Kier molecular flexibility index (Phi) is 3.90. The number of methoxy groups -OCH3 is 1. The molecule has 1 aliphatic carbocycles. The predicted molar refractivity (Wildman–Crippen MR) is 58.5 cm³/mol. The molecule has 0 amide bonds. The Morgan fingerprint density at radius 2 is 2.19 bits per heavy atom. The van der Waals surface area contributed by atoms with Gasteiger partial charge in [-0.2, -0.15) is 4.98 Å². The van der Waals surface area contributed by atoms with Gasteiger partial charge in [-0.3, -0.25) is 0 Å². The van der Waals surface area contributed by atoms with E-state index in [0.717, 1.165) is 0 Å². The summed E-state index contributed by atoms with van der Waals surface area (Å²) in [5.41, 5.74) is 6.14. The van der Waals surface area contributed by atoms with Crippen molar-refractivity contribution in [3.05, 3.63) is 11.7 Å². The van der Waals surface area contributed by atoms with Gasteiger partial charge in [0.05, 0.1) is 6.04 Å². The summed E-state index contributed by atoms with van der Waals surface area (Å²) in [6.45, 7) is 0.376. The maximum Gasteiger partial charge on any atom is 0.243 e. The molecule has 0 saturated heterocycles. The fourth-order valence-corrected chi connectivity index (χ4v) is 2.29. The molecule has 1 saturated carbocycles. The highest BCUT2D eigenvalue weighted by Crippen LogP contribution is 2.32. The first kappa shape index (κ1) is 11.5. The summed E-state index contributed by atoms with van der Waals surface area (Å²) in [6.07, 6.45) is 6.18. The average Bonchev–Trinajstić information content (AvgIpc) is 2.78. The molecule has 0 aliphatic heterocycles. The van der Waals surface area contributed by atoms with Crippen LogP contribution in [0.1, 0.15) is 49.9 Å². The van der Waals surface area contributed by atoms with Gasteiger partial charge < -0.3 is 15.0 Å². The molecule has 0 aromatic carbocycles. The van der Waals surface area contributed by atoms with Crippen molar-refractivity contribution in [1.29, 1.82) is 0 Å². The third-order valence-electron chi connectivity index (χ3n) is 3.20. The third-order valence-corrected chi connectivity index (χ3v) is 3.20. The van der Waals surface area contributed by atoms with Gasteiger partial charge in [-0.05, 0) is 18.8 Å². The number of nitrogens with zero attached hydrogens (tertiary/aromatic N) is 2. The lowest BCUT2D eigenvalue weighted by molar-refractivity contribution is 0.174. The lowest BCUT2D eigenvalue weighted by Gasteiger charge is -2.24. The van der Waals surface area contributed by atoms with Crippen LogP contribution < -0.4 is 5.73 Å². The Labute approximate surface area is 95.3 Å². The quantitative estimate of drug-likeness (QED) is 0.845. The van der Waals surface area contributed by atoms with Gasteiger partial charge in [0.25, 0.3) is 0 Å². The Hall–Kier alpha value is -0.940. The number of hydrogen-bond donors (Lipinski definition) is 1. The van der Waals surface area contributed by atoms with E-state index in [-0.39, 0.29) is 6.04 Å². The van der Waals surface area contributed by atoms with Gasteiger partial charge in [-0.25, -0.2) is 0 Å². The summed E-state index contributed by atoms with van der Waals surface area (Å²) in [6, 6.07) is -0.113. The van der Waals surface area contributed by atoms with Crippen molar-refractivity contribution < 1.29 is 9.26 Å². The Morgan fingerprint density at radius 1 is 1.44 bits per heavy atom. The number of nitrogens with two attached hydrogens (primary N) is 1. The van der Waals surface area contributed by atoms with Crippen molar-refractivity contribution in [2.45, 2.75) is 44.8 Å². The minimum absolute atomic E-state index is 0.113. The molecular weight excluding hydrogens is 206 g/mol. The molecule has 1 fully saturated rings. The summed E-state index contributed by atoms with van der Waals surface area (Å²) >= 11 is 0. The lowest BCUT2D eigenvalue weighted by atomic mass is 9.84. The molecule has 2 N–H and O–H groups in total. The molecule has 5 heteroatoms. The highest BCUT2D eigenvalue weighted by atomic mass is 16.5. The molecule has 0 bridgehead atoms. The topological polar surface area (TPSA) is 74.2 Å². The van der Waals surface area contributed by atoms with Gasteiger partial charge in [-0.1, -0.05) is 24.4 Å². The second kappa shape index (κ2) is 5.41. The molecule has 1 heterocycles. The summed E-state index contributed by atoms with van der Waals surface area (Å²) in [7, 11) is 1.61. The highest BCUT2D eigenvalue weighted by molar-refractivity contribution is 4.94. The summed E-state index contributed by atoms with van der Waals surface area (Å²) < 4.78 is 10.1. The van der Waals surface area contributed by atoms with Crippen molar-refractivity contribution in [2.75, 3.05) is 7.11 Å². The molecule has 2 rings (SSSR count). The van der Waals surface area contributed by atoms with E-state index in [0.29, 0.717) is 24.2 Å². The molecule has 16 heavy (non-hydrogen) atoms. The number of hydrogen-bond acceptors (Lipinski definition) is 5. The summed E-state index contributed by atoms with van der Waals surface area (Å²) in [4.78, 5) is 4.25. The smallest absolute Gasteiger partial charge is 0.243 e. The SMILES string of the molecule is COCc1noc(C(N)C2CCCCC2)n1. The number of rotatable bonds is 4. The zero-order valence-electron chi connectivity index (χ0n) is 9.69. The molecule has 1 unspecified atom stereocenters. The van der Waals surface area contributed by atoms with Crippen LogP contribution >= 0.6 is 0 Å². The van der Waals surface area contributed by atoms with Crippen LogP contribution in [0.4, 0.5) is 0 Å². The van der Waals surface area contributed by atoms with E-state index in [4.69, 9.17) is 15.0 Å². The predicted octanol–water partition coefficient (Wildman–Crippen LogP) is 1.80. The largest absolute Gasteiger partial charge is 0.377 e. The van der Waals surface area contributed by atoms with Crippen molar-refractivity contribution in [3.8, 4) is 0 Å². The van der Waals surface area contributed by atoms with Gasteiger partial charge in [0.2, 0.25) is 5.89 Å². The molecule has 1 aromatic heterocycles. The summed E-state index contributed by atoms with van der Waals surface area (Å²) in [5.74, 6) is 1.62. The first-order valence-corrected chi connectivity index (χ1v) is 5.88. The van der Waals surface area contributed by atoms with E-state index < -0.39 is 0 Å². The van der Waals surface area contributed by atoms with Crippen LogP contribution in [0, 0.1) is 5.92 Å². The first-order chi connectivity index (χ1) is 7.81. The van der Waals surface area contributed by atoms with Gasteiger partial charge >= 0.3 is 0 Å². The Balaban J connectivity index is 1.98. The van der Waals surface area contributed by atoms with Crippen LogP contribution in [0.5, 0.6) is 0 Å². The molecule has 0 spiro atoms. The van der Waals surface area contributed by atoms with Crippen LogP contribution in [-0.4, -0.2) is 17.3 Å². The van der Waals surface area contributed by atoms with Crippen LogP contribution in [-0.2, 0) is 11.3 Å². The zero-order valence-corrected chi connectivity index (χ0v) is 9.69. The maximum absolute atomic E-state index is 6.14. The van der Waals surface area contributed by atoms with Crippen molar-refractivity contribution in [3.63, 3.8) is 0 Å². The van der Waals surface area contributed by atoms with Gasteiger partial charge in [-0.15, -0.1) is 0 Å². The molecular formula is C11H19N3O2.